The molecule has 7 aromatic carbocycles. The Labute approximate surface area is 382 Å². The Morgan fingerprint density at radius 2 is 0.683 bits per heavy atom. The molecule has 0 bridgehead atoms. The minimum absolute atomic E-state index is 0. The maximum atomic E-state index is 6.25. The Morgan fingerprint density at radius 3 is 1.02 bits per heavy atom. The van der Waals surface area contributed by atoms with Gasteiger partial charge in [-0.25, -0.2) is 0 Å². The monoisotopic (exact) mass is 990 g/mol. The van der Waals surface area contributed by atoms with E-state index in [2.05, 4.69) is 237 Å². The molecule has 2 aliphatic heterocycles. The van der Waals surface area contributed by atoms with E-state index in [0.717, 1.165) is 90.0 Å². The number of nitrogens with zero attached hydrogens (tertiary/aromatic N) is 7. The molecule has 0 radical (unpaired) electrons. The summed E-state index contributed by atoms with van der Waals surface area (Å²) in [4.78, 5) is 18.3. The summed E-state index contributed by atoms with van der Waals surface area (Å²) < 4.78 is 0. The average Bonchev–Trinajstić information content (AvgIpc) is 3.95. The maximum absolute atomic E-state index is 6.25. The first-order valence-corrected chi connectivity index (χ1v) is 20.3. The topological polar surface area (TPSA) is 62.5 Å². The first-order chi connectivity index (χ1) is 30.8. The molecule has 0 atom stereocenters. The van der Waals surface area contributed by atoms with Crippen LogP contribution in [0, 0.1) is 31.2 Å². The maximum Gasteiger partial charge on any atom is 4.00 e. The van der Waals surface area contributed by atoms with Gasteiger partial charge in [0.1, 0.15) is 0 Å². The third kappa shape index (κ3) is 7.52. The fourth-order valence-corrected chi connectivity index (χ4v) is 8.49. The molecular formula is C55H37N7Pt. The first kappa shape index (κ1) is 40.6. The molecule has 11 rings (SSSR count). The number of hydrogen-bond donors (Lipinski definition) is 0. The largest absolute Gasteiger partial charge is 4.00 e. The molecule has 0 spiro atoms. The van der Waals surface area contributed by atoms with Gasteiger partial charge in [0.15, 0.2) is 0 Å². The van der Waals surface area contributed by atoms with Crippen molar-refractivity contribution < 1.29 is 21.1 Å². The van der Waals surface area contributed by atoms with Crippen molar-refractivity contribution >= 4 is 45.5 Å². The molecule has 302 valence electrons. The van der Waals surface area contributed by atoms with Gasteiger partial charge in [-0.05, 0) is 34.4 Å². The summed E-state index contributed by atoms with van der Waals surface area (Å²) in [6.45, 7) is 9.10. The molecule has 0 unspecified atom stereocenters. The van der Waals surface area contributed by atoms with Crippen LogP contribution in [0.3, 0.4) is 0 Å². The third-order valence-electron chi connectivity index (χ3n) is 11.2. The number of fused-ring (bicyclic) bond motifs is 2. The van der Waals surface area contributed by atoms with Crippen LogP contribution in [-0.2, 0) is 21.1 Å². The van der Waals surface area contributed by atoms with Crippen LogP contribution in [0.25, 0.3) is 44.5 Å². The predicted molar refractivity (Wildman–Crippen MR) is 251 cm³/mol. The molecule has 0 saturated heterocycles. The van der Waals surface area contributed by atoms with Crippen LogP contribution in [0.2, 0.25) is 0 Å². The van der Waals surface area contributed by atoms with Crippen molar-refractivity contribution in [2.75, 3.05) is 19.6 Å². The van der Waals surface area contributed by atoms with Crippen LogP contribution in [0.1, 0.15) is 0 Å². The number of benzene rings is 7. The van der Waals surface area contributed by atoms with Crippen molar-refractivity contribution in [3.63, 3.8) is 0 Å². The molecule has 4 heterocycles. The molecule has 0 fully saturated rings. The molecule has 7 nitrogen and oxygen atoms in total. The van der Waals surface area contributed by atoms with Crippen LogP contribution in [-0.4, -0.2) is 9.97 Å². The zero-order valence-electron chi connectivity index (χ0n) is 33.8. The number of anilines is 8. The van der Waals surface area contributed by atoms with E-state index in [1.807, 2.05) is 24.8 Å². The Kier molecular flexibility index (Phi) is 11.6. The summed E-state index contributed by atoms with van der Waals surface area (Å²) in [5, 5.41) is 6.25. The molecule has 0 saturated carbocycles. The molecule has 2 aliphatic rings. The smallest absolute Gasteiger partial charge is 0.512 e. The summed E-state index contributed by atoms with van der Waals surface area (Å²) in [6, 6.07) is 69.8. The second kappa shape index (κ2) is 18.1. The minimum Gasteiger partial charge on any atom is -0.512 e. The molecule has 8 heteroatoms. The normalized spacial score (nSPS) is 12.5. The Morgan fingerprint density at radius 1 is 0.365 bits per heavy atom. The molecule has 0 N–H and O–H groups in total. The van der Waals surface area contributed by atoms with Crippen molar-refractivity contribution in [2.24, 2.45) is 0 Å². The van der Waals surface area contributed by atoms with E-state index in [0.29, 0.717) is 0 Å². The second-order valence-corrected chi connectivity index (χ2v) is 14.7. The fourth-order valence-electron chi connectivity index (χ4n) is 8.49. The van der Waals surface area contributed by atoms with E-state index in [1.54, 1.807) is 0 Å². The van der Waals surface area contributed by atoms with E-state index in [9.17, 15) is 0 Å². The van der Waals surface area contributed by atoms with Gasteiger partial charge in [-0.3, -0.25) is 9.97 Å². The van der Waals surface area contributed by atoms with E-state index < -0.39 is 0 Å². The van der Waals surface area contributed by atoms with Gasteiger partial charge in [0, 0.05) is 57.4 Å². The van der Waals surface area contributed by atoms with Crippen LogP contribution >= 0.6 is 0 Å². The third-order valence-corrected chi connectivity index (χ3v) is 11.2. The molecule has 9 aromatic rings. The number of para-hydroxylation sites is 2. The van der Waals surface area contributed by atoms with Gasteiger partial charge in [0.25, 0.3) is 0 Å². The predicted octanol–water partition coefficient (Wildman–Crippen LogP) is 13.9. The van der Waals surface area contributed by atoms with E-state index in [1.165, 1.54) is 0 Å². The Hall–Kier alpha value is -7.78. The van der Waals surface area contributed by atoms with Crippen molar-refractivity contribution in [1.29, 1.82) is 5.26 Å². The summed E-state index contributed by atoms with van der Waals surface area (Å²) in [6.07, 6.45) is 7.63. The minimum atomic E-state index is 0. The second-order valence-electron chi connectivity index (χ2n) is 14.7. The number of pyridine rings is 2. The summed E-state index contributed by atoms with van der Waals surface area (Å²) in [5.74, 6) is 0. The summed E-state index contributed by atoms with van der Waals surface area (Å²) in [5.41, 5.74) is 17.1. The van der Waals surface area contributed by atoms with Gasteiger partial charge < -0.3 is 31.4 Å². The van der Waals surface area contributed by atoms with Crippen LogP contribution in [0.15, 0.2) is 213 Å². The molecule has 2 aromatic heterocycles. The van der Waals surface area contributed by atoms with E-state index in [4.69, 9.17) is 11.8 Å². The van der Waals surface area contributed by atoms with Gasteiger partial charge in [0.05, 0.1) is 23.8 Å². The number of rotatable bonds is 8. The Bertz CT molecular complexity index is 2700. The van der Waals surface area contributed by atoms with Crippen molar-refractivity contribution in [2.45, 2.75) is 0 Å². The standard InChI is InChI=1S/C54H37N6.CN.Pt/c1-5-16-39(17-6-1)45-26-14-27-46(40-18-7-2-8-19-40)53(45)59-37-57(49-30-32-55-35-51(49)59)43-24-13-25-44(34-43)58-38-60(52-36-56-33-31-50(52)58)54-47(41-20-9-3-10-21-41)28-15-29-48(54)42-22-11-4-12-23-42;1-2;/h1-33,35-38H;;/q-3;-1;+4. The van der Waals surface area contributed by atoms with E-state index >= 15 is 0 Å². The molecule has 0 amide bonds. The zero-order chi connectivity index (χ0) is 41.8. The summed E-state index contributed by atoms with van der Waals surface area (Å²) >= 11 is 0. The van der Waals surface area contributed by atoms with Crippen molar-refractivity contribution in [3.8, 4) is 44.5 Å². The van der Waals surface area contributed by atoms with Gasteiger partial charge >= 0.3 is 21.1 Å². The van der Waals surface area contributed by atoms with Gasteiger partial charge in [0.2, 0.25) is 0 Å². The van der Waals surface area contributed by atoms with Gasteiger partial charge in [-0.15, -0.1) is 42.9 Å². The molecular weight excluding hydrogens is 954 g/mol. The van der Waals surface area contributed by atoms with Gasteiger partial charge in [-0.2, -0.15) is 6.07 Å². The average molecular weight is 991 g/mol. The first-order valence-electron chi connectivity index (χ1n) is 20.3. The van der Waals surface area contributed by atoms with Crippen LogP contribution < -0.4 is 19.6 Å². The number of aromatic nitrogens is 2. The SMILES string of the molecule is [C-]#N.[Pt+4].[c-]1c(N2[CH-]N(c3c(-c4ccccc4)cccc3-c3ccccc3)c3cnccc32)cccc1N1[CH-]N(c2c(-c3ccccc3)cccc2-c2ccccc2)c2cnccc21. The Balaban J connectivity index is 0.00000166. The zero-order valence-corrected chi connectivity index (χ0v) is 36.1. The molecule has 63 heavy (non-hydrogen) atoms. The fraction of sp³-hybridized carbons (Fsp3) is 0. The van der Waals surface area contributed by atoms with Gasteiger partial charge in [-0.1, -0.05) is 158 Å². The quantitative estimate of drug-likeness (QED) is 0.141. The van der Waals surface area contributed by atoms with Crippen molar-refractivity contribution in [3.05, 3.63) is 239 Å². The van der Waals surface area contributed by atoms with Crippen LogP contribution in [0.4, 0.5) is 45.5 Å². The van der Waals surface area contributed by atoms with E-state index in [-0.39, 0.29) is 21.1 Å². The molecule has 0 aliphatic carbocycles. The van der Waals surface area contributed by atoms with Crippen molar-refractivity contribution in [1.82, 2.24) is 9.97 Å². The number of hydrogen-bond acceptors (Lipinski definition) is 7. The summed E-state index contributed by atoms with van der Waals surface area (Å²) in [7, 11) is 0. The van der Waals surface area contributed by atoms with Crippen LogP contribution in [0.5, 0.6) is 0 Å².